The number of likely N-dealkylation sites (N-methyl/N-ethyl adjacent to an activating group) is 1. The molecule has 0 aliphatic carbocycles. The molecule has 0 aliphatic rings. The summed E-state index contributed by atoms with van der Waals surface area (Å²) in [6, 6.07) is 16.1. The van der Waals surface area contributed by atoms with E-state index in [1.54, 1.807) is 48.2 Å². The summed E-state index contributed by atoms with van der Waals surface area (Å²) >= 11 is 0. The quantitative estimate of drug-likeness (QED) is 0.890. The van der Waals surface area contributed by atoms with Crippen molar-refractivity contribution in [1.29, 1.82) is 0 Å². The van der Waals surface area contributed by atoms with Crippen molar-refractivity contribution in [2.45, 2.75) is 13.0 Å². The Hall–Kier alpha value is -2.37. The molecule has 0 aliphatic heterocycles. The third kappa shape index (κ3) is 4.81. The number of benzene rings is 2. The van der Waals surface area contributed by atoms with Crippen molar-refractivity contribution in [1.82, 2.24) is 4.90 Å². The van der Waals surface area contributed by atoms with Gasteiger partial charge in [-0.05, 0) is 37.3 Å². The van der Waals surface area contributed by atoms with Gasteiger partial charge >= 0.3 is 0 Å². The topological polar surface area (TPSA) is 66.6 Å². The summed E-state index contributed by atoms with van der Waals surface area (Å²) in [5.74, 6) is -0.310. The lowest BCUT2D eigenvalue weighted by molar-refractivity contribution is 0.0748. The predicted molar refractivity (Wildman–Crippen MR) is 103 cm³/mol. The Kier molecular flexibility index (Phi) is 7.61. The number of nitrogens with two attached hydrogens (primary N) is 1. The molecule has 6 heteroatoms. The second-order valence-corrected chi connectivity index (χ2v) is 5.78. The van der Waals surface area contributed by atoms with E-state index in [9.17, 15) is 9.59 Å². The Bertz CT molecular complexity index is 722. The minimum atomic E-state index is -0.162. The van der Waals surface area contributed by atoms with Crippen LogP contribution in [0.2, 0.25) is 0 Å². The van der Waals surface area contributed by atoms with Crippen LogP contribution in [0.5, 0.6) is 0 Å². The van der Waals surface area contributed by atoms with Gasteiger partial charge in [0.25, 0.3) is 11.8 Å². The number of carbonyl (C=O) groups is 2. The molecule has 134 valence electrons. The van der Waals surface area contributed by atoms with Crippen LogP contribution in [0.25, 0.3) is 0 Å². The number of halogens is 1. The molecule has 5 nitrogen and oxygen atoms in total. The lowest BCUT2D eigenvalue weighted by Gasteiger charge is -2.24. The van der Waals surface area contributed by atoms with Crippen LogP contribution in [0.3, 0.4) is 0 Å². The first-order chi connectivity index (χ1) is 11.5. The minimum Gasteiger partial charge on any atom is -0.338 e. The van der Waals surface area contributed by atoms with Gasteiger partial charge in [-0.3, -0.25) is 9.59 Å². The molecule has 2 aromatic rings. The second-order valence-electron chi connectivity index (χ2n) is 5.78. The van der Waals surface area contributed by atoms with E-state index in [0.717, 1.165) is 5.69 Å². The number of hydrogen-bond donors (Lipinski definition) is 1. The summed E-state index contributed by atoms with van der Waals surface area (Å²) in [6.07, 6.45) is 0. The predicted octanol–water partition coefficient (Wildman–Crippen LogP) is 2.80. The third-order valence-electron chi connectivity index (χ3n) is 4.13. The molecule has 0 fully saturated rings. The molecule has 0 radical (unpaired) electrons. The van der Waals surface area contributed by atoms with E-state index >= 15 is 0 Å². The number of rotatable bonds is 5. The first kappa shape index (κ1) is 20.7. The molecule has 0 spiro atoms. The van der Waals surface area contributed by atoms with E-state index in [1.807, 2.05) is 37.3 Å². The van der Waals surface area contributed by atoms with Crippen molar-refractivity contribution >= 4 is 29.9 Å². The van der Waals surface area contributed by atoms with Crippen LogP contribution in [0.1, 0.15) is 27.6 Å². The van der Waals surface area contributed by atoms with E-state index < -0.39 is 0 Å². The van der Waals surface area contributed by atoms with E-state index in [-0.39, 0.29) is 30.3 Å². The molecule has 2 aromatic carbocycles. The fourth-order valence-electron chi connectivity index (χ4n) is 2.31. The maximum absolute atomic E-state index is 12.7. The van der Waals surface area contributed by atoms with Crippen molar-refractivity contribution in [2.24, 2.45) is 5.73 Å². The monoisotopic (exact) mass is 361 g/mol. The second kappa shape index (κ2) is 9.20. The van der Waals surface area contributed by atoms with Gasteiger partial charge in [0.2, 0.25) is 0 Å². The van der Waals surface area contributed by atoms with Gasteiger partial charge in [-0.25, -0.2) is 0 Å². The van der Waals surface area contributed by atoms with E-state index in [0.29, 0.717) is 17.7 Å². The van der Waals surface area contributed by atoms with Gasteiger partial charge < -0.3 is 15.5 Å². The molecular formula is C19H24ClN3O2. The highest BCUT2D eigenvalue weighted by Crippen LogP contribution is 2.16. The Labute approximate surface area is 154 Å². The Morgan fingerprint density at radius 1 is 0.960 bits per heavy atom. The molecule has 2 amide bonds. The van der Waals surface area contributed by atoms with Crippen LogP contribution >= 0.6 is 12.4 Å². The normalized spacial score (nSPS) is 11.2. The molecule has 0 bridgehead atoms. The van der Waals surface area contributed by atoms with Crippen LogP contribution in [0.15, 0.2) is 54.6 Å². The van der Waals surface area contributed by atoms with Gasteiger partial charge in [0.15, 0.2) is 0 Å². The van der Waals surface area contributed by atoms with Gasteiger partial charge in [0.1, 0.15) is 0 Å². The van der Waals surface area contributed by atoms with Crippen molar-refractivity contribution < 1.29 is 9.59 Å². The summed E-state index contributed by atoms with van der Waals surface area (Å²) in [5.41, 5.74) is 7.37. The molecule has 2 rings (SSSR count). The Morgan fingerprint density at radius 2 is 1.52 bits per heavy atom. The summed E-state index contributed by atoms with van der Waals surface area (Å²) in [5, 5.41) is 0. The zero-order valence-corrected chi connectivity index (χ0v) is 15.5. The first-order valence-electron chi connectivity index (χ1n) is 7.86. The first-order valence-corrected chi connectivity index (χ1v) is 7.86. The fraction of sp³-hybridized carbons (Fsp3) is 0.263. The number of para-hydroxylation sites is 1. The molecule has 1 unspecified atom stereocenters. The highest BCUT2D eigenvalue weighted by molar-refractivity contribution is 6.07. The van der Waals surface area contributed by atoms with Crippen molar-refractivity contribution in [3.05, 3.63) is 65.7 Å². The highest BCUT2D eigenvalue weighted by Gasteiger charge is 2.19. The standard InChI is InChI=1S/C19H23N3O2.ClH/c1-14(13-20)21(2)18(23)15-8-7-9-16(12-15)19(24)22(3)17-10-5-4-6-11-17;/h4-12,14H,13,20H2,1-3H3;1H. The summed E-state index contributed by atoms with van der Waals surface area (Å²) in [4.78, 5) is 28.3. The van der Waals surface area contributed by atoms with Gasteiger partial charge in [-0.2, -0.15) is 0 Å². The van der Waals surface area contributed by atoms with Crippen molar-refractivity contribution in [2.75, 3.05) is 25.5 Å². The molecule has 25 heavy (non-hydrogen) atoms. The van der Waals surface area contributed by atoms with Crippen molar-refractivity contribution in [3.8, 4) is 0 Å². The number of anilines is 1. The average Bonchev–Trinajstić information content (AvgIpc) is 2.65. The van der Waals surface area contributed by atoms with Gasteiger partial charge in [0.05, 0.1) is 0 Å². The van der Waals surface area contributed by atoms with Crippen LogP contribution in [0.4, 0.5) is 5.69 Å². The smallest absolute Gasteiger partial charge is 0.258 e. The molecule has 0 aromatic heterocycles. The third-order valence-corrected chi connectivity index (χ3v) is 4.13. The Morgan fingerprint density at radius 3 is 2.08 bits per heavy atom. The molecule has 2 N–H and O–H groups in total. The van der Waals surface area contributed by atoms with Crippen LogP contribution < -0.4 is 10.6 Å². The lowest BCUT2D eigenvalue weighted by atomic mass is 10.1. The van der Waals surface area contributed by atoms with Crippen LogP contribution in [0, 0.1) is 0 Å². The maximum Gasteiger partial charge on any atom is 0.258 e. The van der Waals surface area contributed by atoms with Gasteiger partial charge in [-0.1, -0.05) is 24.3 Å². The summed E-state index contributed by atoms with van der Waals surface area (Å²) < 4.78 is 0. The molecule has 0 saturated heterocycles. The SMILES string of the molecule is CC(CN)N(C)C(=O)c1cccc(C(=O)N(C)c2ccccc2)c1.Cl. The van der Waals surface area contributed by atoms with Crippen molar-refractivity contribution in [3.63, 3.8) is 0 Å². The number of hydrogen-bond acceptors (Lipinski definition) is 3. The largest absolute Gasteiger partial charge is 0.338 e. The lowest BCUT2D eigenvalue weighted by Crippen LogP contribution is -2.39. The summed E-state index contributed by atoms with van der Waals surface area (Å²) in [7, 11) is 3.43. The summed E-state index contributed by atoms with van der Waals surface area (Å²) in [6.45, 7) is 2.27. The molecule has 0 saturated carbocycles. The zero-order chi connectivity index (χ0) is 17.7. The van der Waals surface area contributed by atoms with Gasteiger partial charge in [0, 0.05) is 43.5 Å². The van der Waals surface area contributed by atoms with Crippen LogP contribution in [-0.2, 0) is 0 Å². The minimum absolute atomic E-state index is 0. The van der Waals surface area contributed by atoms with Crippen LogP contribution in [-0.4, -0.2) is 43.4 Å². The molecule has 1 atom stereocenters. The highest BCUT2D eigenvalue weighted by atomic mass is 35.5. The van der Waals surface area contributed by atoms with Gasteiger partial charge in [-0.15, -0.1) is 12.4 Å². The molecule has 0 heterocycles. The van der Waals surface area contributed by atoms with E-state index in [2.05, 4.69) is 0 Å². The number of amides is 2. The Balaban J connectivity index is 0.00000312. The number of nitrogens with zero attached hydrogens (tertiary/aromatic N) is 2. The maximum atomic E-state index is 12.7. The zero-order valence-electron chi connectivity index (χ0n) is 14.7. The number of carbonyl (C=O) groups excluding carboxylic acids is 2. The average molecular weight is 362 g/mol. The van der Waals surface area contributed by atoms with E-state index in [4.69, 9.17) is 5.73 Å². The van der Waals surface area contributed by atoms with E-state index in [1.165, 1.54) is 0 Å². The molecular weight excluding hydrogens is 338 g/mol. The fourth-order valence-corrected chi connectivity index (χ4v) is 2.31.